The Morgan fingerprint density at radius 2 is 1.67 bits per heavy atom. The minimum absolute atomic E-state index is 0.189. The van der Waals surface area contributed by atoms with Crippen LogP contribution in [-0.4, -0.2) is 38.8 Å². The fraction of sp³-hybridized carbons (Fsp3) is 0.588. The summed E-state index contributed by atoms with van der Waals surface area (Å²) in [7, 11) is -1.75. The molecule has 1 aromatic rings. The van der Waals surface area contributed by atoms with Crippen molar-refractivity contribution in [1.82, 2.24) is 9.62 Å². The molecule has 0 radical (unpaired) electrons. The van der Waals surface area contributed by atoms with Gasteiger partial charge < -0.3 is 4.90 Å². The van der Waals surface area contributed by atoms with Crippen molar-refractivity contribution in [2.75, 3.05) is 13.1 Å². The fourth-order valence-corrected chi connectivity index (χ4v) is 2.98. The zero-order chi connectivity index (χ0) is 18.5. The standard InChI is InChI=1S/C17H26F2N2O2S/c1-6-21(7-2)15(22)17(18,19)14(13-11-9-8-10-12-13)20-24(23)16(3,4)5/h8-12,14,20H,6-7H2,1-5H3/t14-,24?/m0/s1. The largest absolute Gasteiger partial charge is 0.344 e. The predicted molar refractivity (Wildman–Crippen MR) is 93.1 cm³/mol. The number of amides is 1. The first kappa shape index (κ1) is 20.7. The molecule has 0 saturated heterocycles. The van der Waals surface area contributed by atoms with E-state index in [1.165, 1.54) is 12.1 Å². The van der Waals surface area contributed by atoms with Gasteiger partial charge >= 0.3 is 5.92 Å². The fourth-order valence-electron chi connectivity index (χ4n) is 2.13. The quantitative estimate of drug-likeness (QED) is 0.811. The van der Waals surface area contributed by atoms with Gasteiger partial charge in [-0.15, -0.1) is 0 Å². The molecule has 0 saturated carbocycles. The van der Waals surface area contributed by atoms with Gasteiger partial charge in [-0.3, -0.25) is 4.79 Å². The third kappa shape index (κ3) is 4.83. The molecular formula is C17H26F2N2O2S. The lowest BCUT2D eigenvalue weighted by atomic mass is 10.0. The lowest BCUT2D eigenvalue weighted by Gasteiger charge is -2.32. The van der Waals surface area contributed by atoms with Gasteiger partial charge in [0.15, 0.2) is 0 Å². The summed E-state index contributed by atoms with van der Waals surface area (Å²) in [6.07, 6.45) is 0. The number of carbonyl (C=O) groups excluding carboxylic acids is 1. The summed E-state index contributed by atoms with van der Waals surface area (Å²) < 4.78 is 44.0. The van der Waals surface area contributed by atoms with E-state index >= 15 is 0 Å². The normalized spacial score (nSPS) is 15.0. The second-order valence-corrected chi connectivity index (χ2v) is 8.44. The summed E-state index contributed by atoms with van der Waals surface area (Å²) in [5.74, 6) is -4.98. The number of hydrogen-bond acceptors (Lipinski definition) is 2. The van der Waals surface area contributed by atoms with E-state index in [1.807, 2.05) is 0 Å². The Kier molecular flexibility index (Phi) is 7.04. The van der Waals surface area contributed by atoms with Crippen LogP contribution in [0.2, 0.25) is 0 Å². The first-order valence-corrected chi connectivity index (χ1v) is 9.10. The topological polar surface area (TPSA) is 49.4 Å². The van der Waals surface area contributed by atoms with Gasteiger partial charge in [0, 0.05) is 13.1 Å². The van der Waals surface area contributed by atoms with Crippen LogP contribution in [0.15, 0.2) is 30.3 Å². The molecule has 1 rings (SSSR count). The lowest BCUT2D eigenvalue weighted by Crippen LogP contribution is -2.52. The van der Waals surface area contributed by atoms with Gasteiger partial charge in [0.1, 0.15) is 6.04 Å². The highest BCUT2D eigenvalue weighted by Crippen LogP contribution is 2.34. The minimum Gasteiger partial charge on any atom is -0.338 e. The van der Waals surface area contributed by atoms with Crippen LogP contribution in [0.1, 0.15) is 46.2 Å². The SMILES string of the molecule is CCN(CC)C(=O)C(F)(F)[C@@H](NS(=O)C(C)(C)C)c1ccccc1. The van der Waals surface area contributed by atoms with Gasteiger partial charge in [0.25, 0.3) is 5.91 Å². The molecule has 4 nitrogen and oxygen atoms in total. The Hall–Kier alpha value is -1.34. The second kappa shape index (κ2) is 8.16. The molecular weight excluding hydrogens is 334 g/mol. The van der Waals surface area contributed by atoms with Crippen molar-refractivity contribution in [3.63, 3.8) is 0 Å². The second-order valence-electron chi connectivity index (χ2n) is 6.44. The molecule has 0 aliphatic heterocycles. The third-order valence-electron chi connectivity index (χ3n) is 3.61. The van der Waals surface area contributed by atoms with Crippen molar-refractivity contribution in [3.8, 4) is 0 Å². The molecule has 1 amide bonds. The summed E-state index contributed by atoms with van der Waals surface area (Å²) >= 11 is 0. The maximum atomic E-state index is 15.0. The summed E-state index contributed by atoms with van der Waals surface area (Å²) in [5, 5.41) is 0. The molecule has 1 N–H and O–H groups in total. The predicted octanol–water partition coefficient (Wildman–Crippen LogP) is 3.28. The van der Waals surface area contributed by atoms with E-state index in [4.69, 9.17) is 0 Å². The van der Waals surface area contributed by atoms with Crippen LogP contribution in [0.5, 0.6) is 0 Å². The molecule has 2 atom stereocenters. The van der Waals surface area contributed by atoms with Crippen LogP contribution in [0, 0.1) is 0 Å². The van der Waals surface area contributed by atoms with E-state index < -0.39 is 33.6 Å². The van der Waals surface area contributed by atoms with Gasteiger partial charge in [0.05, 0.1) is 15.7 Å². The number of nitrogens with zero attached hydrogens (tertiary/aromatic N) is 1. The molecule has 1 aromatic carbocycles. The first-order chi connectivity index (χ1) is 11.1. The monoisotopic (exact) mass is 360 g/mol. The lowest BCUT2D eigenvalue weighted by molar-refractivity contribution is -0.161. The van der Waals surface area contributed by atoms with Gasteiger partial charge in [-0.25, -0.2) is 8.93 Å². The molecule has 7 heteroatoms. The highest BCUT2D eigenvalue weighted by atomic mass is 32.2. The molecule has 1 unspecified atom stereocenters. The third-order valence-corrected chi connectivity index (χ3v) is 5.17. The Morgan fingerprint density at radius 3 is 2.08 bits per heavy atom. The van der Waals surface area contributed by atoms with Gasteiger partial charge in [0.2, 0.25) is 0 Å². The number of benzene rings is 1. The summed E-state index contributed by atoms with van der Waals surface area (Å²) in [5.41, 5.74) is 0.223. The van der Waals surface area contributed by atoms with E-state index in [-0.39, 0.29) is 18.7 Å². The smallest absolute Gasteiger partial charge is 0.338 e. The van der Waals surface area contributed by atoms with Gasteiger partial charge in [-0.2, -0.15) is 8.78 Å². The Bertz CT molecular complexity index is 570. The van der Waals surface area contributed by atoms with Crippen molar-refractivity contribution in [2.45, 2.75) is 51.3 Å². The van der Waals surface area contributed by atoms with Crippen LogP contribution >= 0.6 is 0 Å². The van der Waals surface area contributed by atoms with E-state index in [0.717, 1.165) is 4.90 Å². The van der Waals surface area contributed by atoms with Crippen LogP contribution in [0.25, 0.3) is 0 Å². The number of hydrogen-bond donors (Lipinski definition) is 1. The van der Waals surface area contributed by atoms with E-state index in [2.05, 4.69) is 4.72 Å². The van der Waals surface area contributed by atoms with Crippen molar-refractivity contribution in [2.24, 2.45) is 0 Å². The summed E-state index contributed by atoms with van der Waals surface area (Å²) in [6, 6.07) is 6.27. The van der Waals surface area contributed by atoms with Gasteiger partial charge in [-0.05, 0) is 40.2 Å². The Balaban J connectivity index is 3.26. The average Bonchev–Trinajstić information content (AvgIpc) is 2.53. The van der Waals surface area contributed by atoms with E-state index in [1.54, 1.807) is 52.8 Å². The van der Waals surface area contributed by atoms with E-state index in [9.17, 15) is 17.8 Å². The van der Waals surface area contributed by atoms with Crippen LogP contribution in [0.4, 0.5) is 8.78 Å². The number of carbonyl (C=O) groups is 1. The molecule has 136 valence electrons. The Morgan fingerprint density at radius 1 is 1.17 bits per heavy atom. The van der Waals surface area contributed by atoms with Crippen molar-refractivity contribution in [3.05, 3.63) is 35.9 Å². The molecule has 0 aliphatic rings. The Labute approximate surface area is 145 Å². The molecule has 0 aromatic heterocycles. The molecule has 24 heavy (non-hydrogen) atoms. The highest BCUT2D eigenvalue weighted by Gasteiger charge is 2.50. The van der Waals surface area contributed by atoms with Crippen LogP contribution < -0.4 is 4.72 Å². The summed E-state index contributed by atoms with van der Waals surface area (Å²) in [6.45, 7) is 8.72. The zero-order valence-electron chi connectivity index (χ0n) is 14.8. The number of halogens is 2. The first-order valence-electron chi connectivity index (χ1n) is 7.95. The minimum atomic E-state index is -3.71. The van der Waals surface area contributed by atoms with E-state index in [0.29, 0.717) is 0 Å². The van der Waals surface area contributed by atoms with Gasteiger partial charge in [-0.1, -0.05) is 30.3 Å². The maximum Gasteiger partial charge on any atom is 0.344 e. The van der Waals surface area contributed by atoms with Crippen molar-refractivity contribution >= 4 is 16.9 Å². The van der Waals surface area contributed by atoms with Crippen molar-refractivity contribution in [1.29, 1.82) is 0 Å². The van der Waals surface area contributed by atoms with Crippen molar-refractivity contribution < 1.29 is 17.8 Å². The average molecular weight is 360 g/mol. The van der Waals surface area contributed by atoms with Crippen LogP contribution in [0.3, 0.4) is 0 Å². The zero-order valence-corrected chi connectivity index (χ0v) is 15.6. The maximum absolute atomic E-state index is 15.0. The van der Waals surface area contributed by atoms with Crippen LogP contribution in [-0.2, 0) is 15.8 Å². The summed E-state index contributed by atoms with van der Waals surface area (Å²) in [4.78, 5) is 13.4. The number of nitrogens with one attached hydrogen (secondary N) is 1. The molecule has 0 aliphatic carbocycles. The number of alkyl halides is 2. The molecule has 0 heterocycles. The molecule has 0 spiro atoms. The number of rotatable bonds is 7. The molecule has 0 bridgehead atoms. The molecule has 0 fully saturated rings. The highest BCUT2D eigenvalue weighted by molar-refractivity contribution is 7.84.